The lowest BCUT2D eigenvalue weighted by molar-refractivity contribution is -0.114. The van der Waals surface area contributed by atoms with Crippen LogP contribution in [0.2, 0.25) is 0 Å². The number of nitrogens with one attached hydrogen (secondary N) is 1. The van der Waals surface area contributed by atoms with Gasteiger partial charge in [-0.1, -0.05) is 26.8 Å². The summed E-state index contributed by atoms with van der Waals surface area (Å²) in [6.07, 6.45) is 3.36. The average Bonchev–Trinajstić information content (AvgIpc) is 2.57. The van der Waals surface area contributed by atoms with Gasteiger partial charge in [0.15, 0.2) is 0 Å². The van der Waals surface area contributed by atoms with Crippen molar-refractivity contribution in [3.05, 3.63) is 40.8 Å². The number of rotatable bonds is 5. The van der Waals surface area contributed by atoms with Crippen molar-refractivity contribution in [2.24, 2.45) is 16.6 Å². The number of amides is 1. The molecule has 0 fully saturated rings. The zero-order valence-corrected chi connectivity index (χ0v) is 12.7. The number of primary amides is 1. The molecule has 1 aliphatic rings. The van der Waals surface area contributed by atoms with Gasteiger partial charge in [0.2, 0.25) is 0 Å². The van der Waals surface area contributed by atoms with Crippen LogP contribution in [0.25, 0.3) is 0 Å². The number of hydrogen-bond acceptors (Lipinski definition) is 3. The van der Waals surface area contributed by atoms with E-state index in [0.29, 0.717) is 22.9 Å². The molecule has 1 atom stereocenters. The van der Waals surface area contributed by atoms with Crippen LogP contribution in [0.5, 0.6) is 0 Å². The first-order valence-corrected chi connectivity index (χ1v) is 6.82. The third-order valence-electron chi connectivity index (χ3n) is 3.41. The van der Waals surface area contributed by atoms with E-state index in [-0.39, 0.29) is 0 Å². The summed E-state index contributed by atoms with van der Waals surface area (Å²) in [6.45, 7) is 10.3. The Balaban J connectivity index is 3.28. The Morgan fingerprint density at radius 1 is 1.60 bits per heavy atom. The Morgan fingerprint density at radius 3 is 2.75 bits per heavy atom. The summed E-state index contributed by atoms with van der Waals surface area (Å²) in [5.41, 5.74) is 11.4. The monoisotopic (exact) mass is 273 g/mol. The minimum atomic E-state index is -0.508. The Labute approximate surface area is 120 Å². The van der Waals surface area contributed by atoms with Crippen LogP contribution >= 0.6 is 0 Å². The highest BCUT2D eigenvalue weighted by atomic mass is 16.1. The van der Waals surface area contributed by atoms with E-state index >= 15 is 0 Å². The molecule has 108 valence electrons. The lowest BCUT2D eigenvalue weighted by Crippen LogP contribution is -2.18. The molecule has 0 bridgehead atoms. The maximum Gasteiger partial charge on any atom is 0.251 e. The van der Waals surface area contributed by atoms with Crippen LogP contribution in [0, 0.1) is 5.92 Å². The van der Waals surface area contributed by atoms with Crippen molar-refractivity contribution >= 4 is 11.7 Å². The minimum Gasteiger partial charge on any atom is -0.372 e. The number of carbonyl (C=O) groups is 1. The second-order valence-electron chi connectivity index (χ2n) is 5.08. The standard InChI is InChI=1S/C16H23N3O/c1-6-10(2)7-11(3)13-8-12(4)16(18-5)19-9-14(13)15(17)20/h9-10H,3,6-7H2,1-2,4-5H3,(H2,17,20)(H,18,19)/t10-/m0/s1. The fourth-order valence-electron chi connectivity index (χ4n) is 1.99. The molecular formula is C16H23N3O. The second-order valence-corrected chi connectivity index (χ2v) is 5.08. The van der Waals surface area contributed by atoms with Gasteiger partial charge in [0.05, 0.1) is 5.57 Å². The van der Waals surface area contributed by atoms with E-state index < -0.39 is 5.91 Å². The topological polar surface area (TPSA) is 67.5 Å². The lowest BCUT2D eigenvalue weighted by Gasteiger charge is -2.13. The number of likely N-dealkylation sites (N-methyl/N-ethyl adjacent to an activating group) is 1. The van der Waals surface area contributed by atoms with E-state index in [1.165, 1.54) is 6.20 Å². The predicted octanol–water partition coefficient (Wildman–Crippen LogP) is 2.45. The van der Waals surface area contributed by atoms with Crippen molar-refractivity contribution in [2.75, 3.05) is 7.05 Å². The fraction of sp³-hybridized carbons (Fsp3) is 0.438. The summed E-state index contributed by atoms with van der Waals surface area (Å²) in [7, 11) is 1.78. The largest absolute Gasteiger partial charge is 0.372 e. The number of allylic oxidation sites excluding steroid dienone is 1. The quantitative estimate of drug-likeness (QED) is 0.755. The molecule has 1 amide bonds. The summed E-state index contributed by atoms with van der Waals surface area (Å²) >= 11 is 0. The number of carbonyl (C=O) groups excluding carboxylic acids is 1. The van der Waals surface area contributed by atoms with Crippen molar-refractivity contribution < 1.29 is 4.79 Å². The van der Waals surface area contributed by atoms with Gasteiger partial charge in [0, 0.05) is 24.4 Å². The normalized spacial score (nSPS) is 16.2. The molecule has 3 N–H and O–H groups in total. The van der Waals surface area contributed by atoms with Crippen molar-refractivity contribution in [1.82, 2.24) is 5.32 Å². The van der Waals surface area contributed by atoms with Gasteiger partial charge < -0.3 is 11.1 Å². The molecule has 0 saturated carbocycles. The zero-order valence-electron chi connectivity index (χ0n) is 12.7. The van der Waals surface area contributed by atoms with Crippen molar-refractivity contribution in [3.63, 3.8) is 0 Å². The van der Waals surface area contributed by atoms with Gasteiger partial charge in [0.1, 0.15) is 5.84 Å². The second kappa shape index (κ2) is 6.92. The van der Waals surface area contributed by atoms with E-state index in [4.69, 9.17) is 5.73 Å². The van der Waals surface area contributed by atoms with Crippen LogP contribution in [0.15, 0.2) is 45.8 Å². The van der Waals surface area contributed by atoms with Gasteiger partial charge in [0.25, 0.3) is 5.91 Å². The molecule has 0 aliphatic carbocycles. The molecule has 20 heavy (non-hydrogen) atoms. The third kappa shape index (κ3) is 3.72. The third-order valence-corrected chi connectivity index (χ3v) is 3.41. The minimum absolute atomic E-state index is 0.364. The number of aliphatic imine (C=N–C) groups is 1. The summed E-state index contributed by atoms with van der Waals surface area (Å²) in [6, 6.07) is 0. The smallest absolute Gasteiger partial charge is 0.251 e. The first-order valence-electron chi connectivity index (χ1n) is 6.82. The highest BCUT2D eigenvalue weighted by Gasteiger charge is 2.18. The molecule has 1 aliphatic heterocycles. The van der Waals surface area contributed by atoms with Crippen LogP contribution in [-0.4, -0.2) is 18.8 Å². The number of amidine groups is 1. The Morgan fingerprint density at radius 2 is 2.25 bits per heavy atom. The molecule has 4 nitrogen and oxygen atoms in total. The van der Waals surface area contributed by atoms with Crippen LogP contribution < -0.4 is 11.1 Å². The van der Waals surface area contributed by atoms with Crippen LogP contribution in [-0.2, 0) is 4.79 Å². The molecule has 0 radical (unpaired) electrons. The van der Waals surface area contributed by atoms with Gasteiger partial charge in [-0.05, 0) is 24.8 Å². The van der Waals surface area contributed by atoms with Gasteiger partial charge in [-0.15, -0.1) is 5.73 Å². The van der Waals surface area contributed by atoms with Gasteiger partial charge in [-0.2, -0.15) is 0 Å². The summed E-state index contributed by atoms with van der Waals surface area (Å²) in [5, 5.41) is 2.98. The van der Waals surface area contributed by atoms with E-state index in [1.807, 2.05) is 6.92 Å². The molecule has 0 spiro atoms. The number of nitrogens with two attached hydrogens (primary N) is 1. The number of hydrogen-bond donors (Lipinski definition) is 2. The zero-order chi connectivity index (χ0) is 15.3. The molecule has 4 heteroatoms. The Kier molecular flexibility index (Phi) is 5.53. The van der Waals surface area contributed by atoms with Gasteiger partial charge in [-0.25, -0.2) is 4.99 Å². The Hall–Kier alpha value is -2.06. The fourth-order valence-corrected chi connectivity index (χ4v) is 1.99. The highest BCUT2D eigenvalue weighted by molar-refractivity contribution is 6.02. The number of nitrogens with zero attached hydrogens (tertiary/aromatic N) is 1. The first-order chi connectivity index (χ1) is 9.40. The van der Waals surface area contributed by atoms with Gasteiger partial charge >= 0.3 is 0 Å². The van der Waals surface area contributed by atoms with Gasteiger partial charge in [-0.3, -0.25) is 4.79 Å². The van der Waals surface area contributed by atoms with E-state index in [0.717, 1.165) is 24.0 Å². The van der Waals surface area contributed by atoms with E-state index in [1.54, 1.807) is 7.05 Å². The maximum atomic E-state index is 11.6. The molecule has 0 unspecified atom stereocenters. The molecule has 0 aromatic rings. The lowest BCUT2D eigenvalue weighted by atomic mass is 9.91. The molecule has 1 heterocycles. The van der Waals surface area contributed by atoms with Crippen molar-refractivity contribution in [1.29, 1.82) is 0 Å². The molecule has 0 saturated heterocycles. The van der Waals surface area contributed by atoms with E-state index in [2.05, 4.69) is 36.5 Å². The predicted molar refractivity (Wildman–Crippen MR) is 83.2 cm³/mol. The van der Waals surface area contributed by atoms with E-state index in [9.17, 15) is 4.79 Å². The molecule has 1 rings (SSSR count). The maximum absolute atomic E-state index is 11.6. The molecular weight excluding hydrogens is 250 g/mol. The summed E-state index contributed by atoms with van der Waals surface area (Å²) < 4.78 is 0. The summed E-state index contributed by atoms with van der Waals surface area (Å²) in [5.74, 6) is 0.668. The van der Waals surface area contributed by atoms with Crippen LogP contribution in [0.1, 0.15) is 33.6 Å². The highest BCUT2D eigenvalue weighted by Crippen LogP contribution is 2.26. The van der Waals surface area contributed by atoms with Crippen LogP contribution in [0.4, 0.5) is 0 Å². The average molecular weight is 273 g/mol. The SMILES string of the molecule is C=C(C[C@@H](C)CC)C1=C=C(C)C(NC)=NC=C1C(N)=O. The molecule has 0 aromatic heterocycles. The summed E-state index contributed by atoms with van der Waals surface area (Å²) in [4.78, 5) is 15.9. The van der Waals surface area contributed by atoms with Crippen molar-refractivity contribution in [3.8, 4) is 0 Å². The van der Waals surface area contributed by atoms with Crippen LogP contribution in [0.3, 0.4) is 0 Å². The first kappa shape index (κ1) is 16.0. The van der Waals surface area contributed by atoms with Crippen molar-refractivity contribution in [2.45, 2.75) is 33.6 Å². The molecule has 0 aromatic carbocycles. The Bertz CT molecular complexity index is 546.